The summed E-state index contributed by atoms with van der Waals surface area (Å²) in [7, 11) is 1.96. The molecule has 13 unspecified atom stereocenters. The number of aryl methyl sites for hydroxylation is 1. The molecule has 4 aliphatic heterocycles. The van der Waals surface area contributed by atoms with E-state index in [9.17, 15) is 24.9 Å². The summed E-state index contributed by atoms with van der Waals surface area (Å²) in [5, 5.41) is 40.0. The van der Waals surface area contributed by atoms with Gasteiger partial charge < -0.3 is 30.1 Å². The zero-order chi connectivity index (χ0) is 44.4. The number of carbonyl (C=O) groups is 2. The predicted octanol–water partition coefficient (Wildman–Crippen LogP) is 5.50. The molecule has 4 aliphatic carbocycles. The van der Waals surface area contributed by atoms with Gasteiger partial charge in [-0.1, -0.05) is 58.4 Å². The van der Waals surface area contributed by atoms with E-state index >= 15 is 0 Å². The highest BCUT2D eigenvalue weighted by Crippen LogP contribution is 2.75. The fraction of sp³-hybridized carbons (Fsp3) is 0.712. The molecular formula is C52H74N3O7+. The lowest BCUT2D eigenvalue weighted by Gasteiger charge is -2.70. The van der Waals surface area contributed by atoms with Crippen LogP contribution in [-0.4, -0.2) is 95.9 Å². The van der Waals surface area contributed by atoms with Gasteiger partial charge in [0.05, 0.1) is 35.9 Å². The van der Waals surface area contributed by atoms with Crippen molar-refractivity contribution in [2.45, 2.75) is 155 Å². The fourth-order valence-corrected chi connectivity index (χ4v) is 15.3. The van der Waals surface area contributed by atoms with E-state index in [4.69, 9.17) is 14.5 Å². The molecule has 1 aromatic rings. The highest BCUT2D eigenvalue weighted by atomic mass is 16.6. The van der Waals surface area contributed by atoms with Crippen molar-refractivity contribution in [3.63, 3.8) is 0 Å². The van der Waals surface area contributed by atoms with Gasteiger partial charge in [-0.25, -0.2) is 0 Å². The van der Waals surface area contributed by atoms with Crippen molar-refractivity contribution in [3.8, 4) is 0 Å². The van der Waals surface area contributed by atoms with Crippen molar-refractivity contribution < 1.29 is 39.3 Å². The number of ether oxygens (including phenoxy) is 2. The molecule has 2 saturated heterocycles. The normalized spacial score (nSPS) is 41.3. The molecule has 3 saturated carbocycles. The summed E-state index contributed by atoms with van der Waals surface area (Å²) in [6.45, 7) is 19.9. The third kappa shape index (κ3) is 6.77. The SMILES string of the molecule is CNCCC1(C)C(=O)CCC2(C)C1CCC1(C)C2C(O)C(C[NH+]2C=C(Cc3cc(C)cc(C4(O)CCOCC4)c3)C3=NC=CC32)C2=C(C(C)CC(O)C3OC3(C)C)C(=O)CC21C. The number of epoxide rings is 1. The number of ketones is 2. The lowest BCUT2D eigenvalue weighted by molar-refractivity contribution is -0.856. The van der Waals surface area contributed by atoms with Crippen LogP contribution >= 0.6 is 0 Å². The summed E-state index contributed by atoms with van der Waals surface area (Å²) in [5.74, 6) is -0.0269. The van der Waals surface area contributed by atoms with Crippen LogP contribution < -0.4 is 10.2 Å². The molecule has 0 aromatic heterocycles. The molecule has 62 heavy (non-hydrogen) atoms. The highest BCUT2D eigenvalue weighted by molar-refractivity contribution is 6.07. The molecule has 5 N–H and O–H groups in total. The number of fused-ring (bicyclic) bond motifs is 6. The van der Waals surface area contributed by atoms with Crippen LogP contribution in [0.5, 0.6) is 0 Å². The number of aliphatic hydroxyl groups is 3. The second-order valence-electron chi connectivity index (χ2n) is 22.7. The van der Waals surface area contributed by atoms with E-state index in [1.54, 1.807) is 0 Å². The van der Waals surface area contributed by atoms with Crippen molar-refractivity contribution in [2.24, 2.45) is 50.3 Å². The summed E-state index contributed by atoms with van der Waals surface area (Å²) in [6.07, 6.45) is 11.1. The second-order valence-corrected chi connectivity index (χ2v) is 22.7. The average molecular weight is 853 g/mol. The maximum atomic E-state index is 14.9. The summed E-state index contributed by atoms with van der Waals surface area (Å²) < 4.78 is 11.5. The molecule has 0 amide bonds. The van der Waals surface area contributed by atoms with E-state index in [0.717, 1.165) is 71.3 Å². The number of carbonyl (C=O) groups excluding carboxylic acids is 2. The first-order valence-corrected chi connectivity index (χ1v) is 23.9. The Morgan fingerprint density at radius 2 is 1.76 bits per heavy atom. The number of rotatable bonds is 12. The second kappa shape index (κ2) is 15.4. The number of allylic oxidation sites excluding steroid dienone is 1. The van der Waals surface area contributed by atoms with E-state index in [2.05, 4.69) is 77.3 Å². The lowest BCUT2D eigenvalue weighted by Crippen LogP contribution is -3.11. The molecule has 0 spiro atoms. The molecular weight excluding hydrogens is 779 g/mol. The first-order valence-electron chi connectivity index (χ1n) is 23.9. The number of nitrogens with one attached hydrogen (secondary N) is 2. The fourth-order valence-electron chi connectivity index (χ4n) is 15.3. The van der Waals surface area contributed by atoms with Gasteiger partial charge in [-0.05, 0) is 123 Å². The van der Waals surface area contributed by atoms with Gasteiger partial charge in [-0.3, -0.25) is 19.5 Å². The average Bonchev–Trinajstić information content (AvgIpc) is 3.48. The number of quaternary nitrogens is 1. The molecule has 8 aliphatic rings. The topological polar surface area (TPSA) is 145 Å². The molecule has 13 atom stereocenters. The Morgan fingerprint density at radius 3 is 2.45 bits per heavy atom. The predicted molar refractivity (Wildman–Crippen MR) is 239 cm³/mol. The van der Waals surface area contributed by atoms with Crippen molar-refractivity contribution >= 4 is 17.3 Å². The minimum absolute atomic E-state index is 0.0119. The van der Waals surface area contributed by atoms with Gasteiger partial charge >= 0.3 is 0 Å². The summed E-state index contributed by atoms with van der Waals surface area (Å²) in [6, 6.07) is 6.47. The summed E-state index contributed by atoms with van der Waals surface area (Å²) in [4.78, 5) is 35.0. The highest BCUT2D eigenvalue weighted by Gasteiger charge is 2.73. The monoisotopic (exact) mass is 853 g/mol. The van der Waals surface area contributed by atoms with Crippen LogP contribution in [0.25, 0.3) is 0 Å². The third-order valence-electron chi connectivity index (χ3n) is 18.6. The molecule has 5 fully saturated rings. The van der Waals surface area contributed by atoms with E-state index < -0.39 is 28.6 Å². The minimum Gasteiger partial charge on any atom is -0.392 e. The van der Waals surface area contributed by atoms with Gasteiger partial charge in [0.15, 0.2) is 11.8 Å². The van der Waals surface area contributed by atoms with Crippen molar-refractivity contribution in [2.75, 3.05) is 33.4 Å². The molecule has 0 radical (unpaired) electrons. The Balaban J connectivity index is 1.11. The standard InChI is InChI=1S/C52H73N3O7/c1-30-22-32(26-34(23-30)52(60)16-20-61-21-17-52)25-33-28-55(36-12-18-54-43(33)36)29-35-42-41(31(2)24-37(56)46-47(3,4)62-46)38(57)27-51(42,8)50(7)14-10-39-48(5,15-19-53-9)40(58)11-13-49(39,6)45(50)44(35)59/h12,18,22-23,26,28,31,35-37,39,44-46,53,56,59-60H,10-11,13-17,19-21,24-25,27,29H2,1-9H3/p+1. The van der Waals surface area contributed by atoms with E-state index in [-0.39, 0.29) is 58.0 Å². The maximum Gasteiger partial charge on any atom is 0.160 e. The number of hydrogen-bond donors (Lipinski definition) is 5. The lowest BCUT2D eigenvalue weighted by atomic mass is 9.34. The number of aliphatic imine (C=N–C) groups is 1. The van der Waals surface area contributed by atoms with Crippen LogP contribution in [0.2, 0.25) is 0 Å². The number of nitrogens with zero attached hydrogens (tertiary/aromatic N) is 1. The van der Waals surface area contributed by atoms with Crippen molar-refractivity contribution in [1.29, 1.82) is 0 Å². The quantitative estimate of drug-likeness (QED) is 0.174. The van der Waals surface area contributed by atoms with E-state index in [1.807, 2.05) is 27.1 Å². The number of benzene rings is 1. The van der Waals surface area contributed by atoms with Crippen LogP contribution in [0, 0.1) is 52.3 Å². The van der Waals surface area contributed by atoms with Gasteiger partial charge in [-0.2, -0.15) is 0 Å². The van der Waals surface area contributed by atoms with Gasteiger partial charge in [0.1, 0.15) is 23.8 Å². The van der Waals surface area contributed by atoms with Crippen LogP contribution in [-0.2, 0) is 31.1 Å². The minimum atomic E-state index is -0.905. The van der Waals surface area contributed by atoms with Crippen LogP contribution in [0.4, 0.5) is 0 Å². The van der Waals surface area contributed by atoms with Gasteiger partial charge in [0, 0.05) is 67.9 Å². The largest absolute Gasteiger partial charge is 0.392 e. The molecule has 1 aromatic carbocycles. The number of hydrogen-bond acceptors (Lipinski definition) is 9. The first-order chi connectivity index (χ1) is 29.2. The Bertz CT molecular complexity index is 2130. The zero-order valence-electron chi connectivity index (χ0n) is 38.9. The summed E-state index contributed by atoms with van der Waals surface area (Å²) >= 11 is 0. The zero-order valence-corrected chi connectivity index (χ0v) is 38.9. The first kappa shape index (κ1) is 44.4. The van der Waals surface area contributed by atoms with Crippen LogP contribution in [0.3, 0.4) is 0 Å². The van der Waals surface area contributed by atoms with E-state index in [1.165, 1.54) is 4.90 Å². The number of Topliss-reactive ketones (excluding diaryl/α,β-unsaturated/α-hetero) is 2. The van der Waals surface area contributed by atoms with Crippen molar-refractivity contribution in [1.82, 2.24) is 5.32 Å². The maximum absolute atomic E-state index is 14.9. The molecule has 0 bridgehead atoms. The Morgan fingerprint density at radius 1 is 1.03 bits per heavy atom. The van der Waals surface area contributed by atoms with Crippen LogP contribution in [0.15, 0.2) is 58.4 Å². The van der Waals surface area contributed by atoms with Gasteiger partial charge in [0.2, 0.25) is 0 Å². The number of aliphatic hydroxyl groups excluding tert-OH is 2. The summed E-state index contributed by atoms with van der Waals surface area (Å²) in [5.41, 5.74) is 4.35. The van der Waals surface area contributed by atoms with Gasteiger partial charge in [0.25, 0.3) is 0 Å². The van der Waals surface area contributed by atoms with E-state index in [0.29, 0.717) is 64.1 Å². The smallest absolute Gasteiger partial charge is 0.160 e. The van der Waals surface area contributed by atoms with Gasteiger partial charge in [-0.15, -0.1) is 0 Å². The van der Waals surface area contributed by atoms with Crippen molar-refractivity contribution in [3.05, 3.63) is 70.1 Å². The Labute approximate surface area is 369 Å². The van der Waals surface area contributed by atoms with Crippen LogP contribution in [0.1, 0.15) is 123 Å². The Hall–Kier alpha value is -2.83. The molecule has 4 heterocycles. The molecule has 338 valence electrons. The molecule has 10 heteroatoms. The molecule has 9 rings (SSSR count). The molecule has 10 nitrogen and oxygen atoms in total. The Kier molecular flexibility index (Phi) is 11.0. The third-order valence-corrected chi connectivity index (χ3v) is 18.6.